The number of anilines is 2. The quantitative estimate of drug-likeness (QED) is 0.595. The van der Waals surface area contributed by atoms with Gasteiger partial charge in [-0.3, -0.25) is 5.10 Å². The molecule has 0 saturated heterocycles. The Hall–Kier alpha value is -2.89. The molecule has 0 bridgehead atoms. The highest BCUT2D eigenvalue weighted by Gasteiger charge is 2.19. The molecule has 6 nitrogen and oxygen atoms in total. The minimum Gasteiger partial charge on any atom is -0.329 e. The third-order valence-electron chi connectivity index (χ3n) is 4.87. The van der Waals surface area contributed by atoms with Gasteiger partial charge in [-0.2, -0.15) is 10.1 Å². The predicted octanol–water partition coefficient (Wildman–Crippen LogP) is 4.17. The van der Waals surface area contributed by atoms with Crippen LogP contribution in [0.5, 0.6) is 0 Å². The third kappa shape index (κ3) is 2.22. The largest absolute Gasteiger partial charge is 0.329 e. The zero-order valence-electron chi connectivity index (χ0n) is 13.2. The molecule has 3 heterocycles. The molecule has 0 aliphatic heterocycles. The zero-order valence-corrected chi connectivity index (χ0v) is 13.2. The smallest absolute Gasteiger partial charge is 0.229 e. The summed E-state index contributed by atoms with van der Waals surface area (Å²) in [5.41, 5.74) is 3.00. The molecule has 1 aliphatic carbocycles. The van der Waals surface area contributed by atoms with Gasteiger partial charge in [0.25, 0.3) is 0 Å². The summed E-state index contributed by atoms with van der Waals surface area (Å²) in [6.45, 7) is 0. The Bertz CT molecular complexity index is 1010. The molecular weight excluding hydrogens is 300 g/mol. The Balaban J connectivity index is 1.50. The van der Waals surface area contributed by atoms with Crippen LogP contribution in [0.25, 0.3) is 21.9 Å². The van der Waals surface area contributed by atoms with Crippen LogP contribution in [0.1, 0.15) is 31.7 Å². The fourth-order valence-electron chi connectivity index (χ4n) is 3.62. The van der Waals surface area contributed by atoms with E-state index in [1.54, 1.807) is 0 Å². The fourth-order valence-corrected chi connectivity index (χ4v) is 3.62. The van der Waals surface area contributed by atoms with Crippen LogP contribution in [0, 0.1) is 0 Å². The minimum absolute atomic E-state index is 0.576. The van der Waals surface area contributed by atoms with E-state index in [0.717, 1.165) is 27.6 Å². The summed E-state index contributed by atoms with van der Waals surface area (Å²) < 4.78 is 2.31. The van der Waals surface area contributed by atoms with Crippen molar-refractivity contribution >= 4 is 33.6 Å². The molecule has 0 unspecified atom stereocenters. The highest BCUT2D eigenvalue weighted by atomic mass is 15.2. The summed E-state index contributed by atoms with van der Waals surface area (Å²) in [6.07, 6.45) is 11.0. The van der Waals surface area contributed by atoms with Gasteiger partial charge >= 0.3 is 0 Å². The summed E-state index contributed by atoms with van der Waals surface area (Å²) in [7, 11) is 0. The summed E-state index contributed by atoms with van der Waals surface area (Å²) in [4.78, 5) is 9.21. The van der Waals surface area contributed by atoms with Gasteiger partial charge in [-0.1, -0.05) is 12.8 Å². The van der Waals surface area contributed by atoms with Gasteiger partial charge in [0.2, 0.25) is 5.95 Å². The van der Waals surface area contributed by atoms with E-state index in [9.17, 15) is 0 Å². The molecule has 0 radical (unpaired) electrons. The Labute approximate surface area is 138 Å². The lowest BCUT2D eigenvalue weighted by Gasteiger charge is -2.13. The van der Waals surface area contributed by atoms with Crippen LogP contribution in [-0.4, -0.2) is 24.7 Å². The van der Waals surface area contributed by atoms with Crippen LogP contribution in [-0.2, 0) is 0 Å². The van der Waals surface area contributed by atoms with Crippen LogP contribution < -0.4 is 5.32 Å². The molecule has 5 rings (SSSR count). The van der Waals surface area contributed by atoms with Crippen molar-refractivity contribution < 1.29 is 0 Å². The second-order valence-corrected chi connectivity index (χ2v) is 6.43. The molecule has 0 atom stereocenters. The first-order valence-electron chi connectivity index (χ1n) is 8.40. The number of aromatic nitrogens is 5. The van der Waals surface area contributed by atoms with Gasteiger partial charge in [0, 0.05) is 34.9 Å². The topological polar surface area (TPSA) is 71.4 Å². The zero-order chi connectivity index (χ0) is 15.9. The summed E-state index contributed by atoms with van der Waals surface area (Å²) >= 11 is 0. The first-order valence-corrected chi connectivity index (χ1v) is 8.40. The lowest BCUT2D eigenvalue weighted by molar-refractivity contribution is 0.532. The molecule has 6 heteroatoms. The van der Waals surface area contributed by atoms with Crippen molar-refractivity contribution in [3.63, 3.8) is 0 Å². The van der Waals surface area contributed by atoms with Gasteiger partial charge < -0.3 is 9.88 Å². The molecule has 1 fully saturated rings. The van der Waals surface area contributed by atoms with E-state index in [-0.39, 0.29) is 0 Å². The van der Waals surface area contributed by atoms with Crippen molar-refractivity contribution in [2.75, 3.05) is 5.32 Å². The summed E-state index contributed by atoms with van der Waals surface area (Å²) in [5, 5.41) is 12.5. The van der Waals surface area contributed by atoms with E-state index < -0.39 is 0 Å². The Morgan fingerprint density at radius 2 is 2.00 bits per heavy atom. The molecule has 4 aromatic rings. The van der Waals surface area contributed by atoms with Crippen molar-refractivity contribution in [2.24, 2.45) is 0 Å². The molecule has 1 aliphatic rings. The van der Waals surface area contributed by atoms with Crippen LogP contribution in [0.15, 0.2) is 42.9 Å². The van der Waals surface area contributed by atoms with E-state index in [1.165, 1.54) is 25.7 Å². The second kappa shape index (κ2) is 5.33. The molecule has 0 spiro atoms. The SMILES string of the molecule is c1cc2[nH]ncc2cc1Nc1ncc2ccn(C3CCCC3)c2n1. The number of rotatable bonds is 3. The summed E-state index contributed by atoms with van der Waals surface area (Å²) in [5.74, 6) is 0.628. The predicted molar refractivity (Wildman–Crippen MR) is 94.4 cm³/mol. The maximum Gasteiger partial charge on any atom is 0.229 e. The fraction of sp³-hybridized carbons (Fsp3) is 0.278. The molecular formula is C18H18N6. The molecule has 2 N–H and O–H groups in total. The highest BCUT2D eigenvalue weighted by molar-refractivity contribution is 5.83. The molecule has 1 aromatic carbocycles. The van der Waals surface area contributed by atoms with Crippen molar-refractivity contribution in [1.82, 2.24) is 24.7 Å². The third-order valence-corrected chi connectivity index (χ3v) is 4.87. The number of nitrogens with one attached hydrogen (secondary N) is 2. The van der Waals surface area contributed by atoms with Crippen molar-refractivity contribution in [2.45, 2.75) is 31.7 Å². The average Bonchev–Trinajstić information content (AvgIpc) is 3.34. The van der Waals surface area contributed by atoms with Gasteiger partial charge in [0.1, 0.15) is 5.65 Å². The van der Waals surface area contributed by atoms with E-state index in [1.807, 2.05) is 30.6 Å². The van der Waals surface area contributed by atoms with Crippen LogP contribution in [0.3, 0.4) is 0 Å². The monoisotopic (exact) mass is 318 g/mol. The van der Waals surface area contributed by atoms with Crippen molar-refractivity contribution in [3.8, 4) is 0 Å². The first kappa shape index (κ1) is 13.5. The lowest BCUT2D eigenvalue weighted by Crippen LogP contribution is -2.05. The number of fused-ring (bicyclic) bond motifs is 2. The lowest BCUT2D eigenvalue weighted by atomic mass is 10.2. The van der Waals surface area contributed by atoms with Gasteiger partial charge in [-0.15, -0.1) is 0 Å². The van der Waals surface area contributed by atoms with Gasteiger partial charge in [0.15, 0.2) is 0 Å². The van der Waals surface area contributed by atoms with E-state index >= 15 is 0 Å². The normalized spacial score (nSPS) is 15.5. The van der Waals surface area contributed by atoms with Gasteiger partial charge in [-0.25, -0.2) is 4.98 Å². The Kier molecular flexibility index (Phi) is 3.01. The molecule has 120 valence electrons. The molecule has 1 saturated carbocycles. The van der Waals surface area contributed by atoms with Crippen LogP contribution in [0.2, 0.25) is 0 Å². The van der Waals surface area contributed by atoms with Gasteiger partial charge in [0.05, 0.1) is 11.7 Å². The Morgan fingerprint density at radius 3 is 2.92 bits per heavy atom. The maximum absolute atomic E-state index is 4.76. The van der Waals surface area contributed by atoms with Crippen molar-refractivity contribution in [3.05, 3.63) is 42.9 Å². The first-order chi connectivity index (χ1) is 11.9. The second-order valence-electron chi connectivity index (χ2n) is 6.43. The van der Waals surface area contributed by atoms with Crippen molar-refractivity contribution in [1.29, 1.82) is 0 Å². The minimum atomic E-state index is 0.576. The van der Waals surface area contributed by atoms with Gasteiger partial charge in [-0.05, 0) is 37.1 Å². The number of hydrogen-bond acceptors (Lipinski definition) is 4. The number of nitrogens with zero attached hydrogens (tertiary/aromatic N) is 4. The van der Waals surface area contributed by atoms with E-state index in [2.05, 4.69) is 37.3 Å². The number of H-pyrrole nitrogens is 1. The molecule has 3 aromatic heterocycles. The molecule has 24 heavy (non-hydrogen) atoms. The highest BCUT2D eigenvalue weighted by Crippen LogP contribution is 2.32. The Morgan fingerprint density at radius 1 is 1.08 bits per heavy atom. The van der Waals surface area contributed by atoms with E-state index in [0.29, 0.717) is 12.0 Å². The number of benzene rings is 1. The standard InChI is InChI=1S/C18H18N6/c1-2-4-15(3-1)24-8-7-12-10-19-18(22-17(12)24)21-14-5-6-16-13(9-14)11-20-23-16/h5-11,15H,1-4H2,(H,20,23)(H,19,21,22). The van der Waals surface area contributed by atoms with E-state index in [4.69, 9.17) is 4.98 Å². The number of aromatic amines is 1. The van der Waals surface area contributed by atoms with Crippen LogP contribution >= 0.6 is 0 Å². The maximum atomic E-state index is 4.76. The average molecular weight is 318 g/mol. The summed E-state index contributed by atoms with van der Waals surface area (Å²) in [6, 6.07) is 8.74. The number of hydrogen-bond donors (Lipinski definition) is 2. The molecule has 0 amide bonds. The van der Waals surface area contributed by atoms with Crippen LogP contribution in [0.4, 0.5) is 11.6 Å².